The van der Waals surface area contributed by atoms with Gasteiger partial charge in [0.1, 0.15) is 11.6 Å². The quantitative estimate of drug-likeness (QED) is 0.257. The van der Waals surface area contributed by atoms with E-state index < -0.39 is 35.6 Å². The van der Waals surface area contributed by atoms with Crippen LogP contribution in [0.4, 0.5) is 0 Å². The second-order valence-corrected chi connectivity index (χ2v) is 10.1. The molecular formula is C23H35BrN2O6. The van der Waals surface area contributed by atoms with E-state index in [9.17, 15) is 19.5 Å². The van der Waals surface area contributed by atoms with Gasteiger partial charge in [0, 0.05) is 30.6 Å². The van der Waals surface area contributed by atoms with Gasteiger partial charge in [-0.25, -0.2) is 0 Å². The van der Waals surface area contributed by atoms with Crippen LogP contribution in [0.5, 0.6) is 0 Å². The van der Waals surface area contributed by atoms with E-state index in [0.29, 0.717) is 19.4 Å². The second-order valence-electron chi connectivity index (χ2n) is 8.94. The Morgan fingerprint density at radius 2 is 2.19 bits per heavy atom. The number of amides is 2. The van der Waals surface area contributed by atoms with E-state index in [1.807, 2.05) is 6.92 Å². The average molecular weight is 515 g/mol. The fourth-order valence-electron chi connectivity index (χ4n) is 5.76. The number of ether oxygens (including phenoxy) is 2. The van der Waals surface area contributed by atoms with Crippen molar-refractivity contribution < 1.29 is 29.0 Å². The Hall–Kier alpha value is -1.45. The van der Waals surface area contributed by atoms with Gasteiger partial charge in [-0.05, 0) is 33.1 Å². The standard InChI is InChI=1S/C23H35BrN2O6/c1-5-9-14(4)25(10-6-2)21(29)19-23-13-15(24)18(32-23)16(22(30)31-7-3)17(23)20(28)26(19)11-8-12-27/h6,14-19,27H,2,5,7-13H2,1,3-4H3/t14?,15?,16-,17+,18-,19-,23+/m1/s1. The van der Waals surface area contributed by atoms with Crippen molar-refractivity contribution in [3.63, 3.8) is 0 Å². The molecule has 180 valence electrons. The molecule has 3 aliphatic heterocycles. The predicted molar refractivity (Wildman–Crippen MR) is 122 cm³/mol. The van der Waals surface area contributed by atoms with Gasteiger partial charge in [0.05, 0.1) is 24.5 Å². The fourth-order valence-corrected chi connectivity index (χ4v) is 6.70. The number of aliphatic hydroxyl groups is 1. The molecule has 1 N–H and O–H groups in total. The number of carbonyl (C=O) groups is 3. The molecule has 0 aliphatic carbocycles. The van der Waals surface area contributed by atoms with Crippen molar-refractivity contribution in [1.29, 1.82) is 0 Å². The van der Waals surface area contributed by atoms with Crippen molar-refractivity contribution in [3.8, 4) is 0 Å². The maximum Gasteiger partial charge on any atom is 0.312 e. The Balaban J connectivity index is 2.04. The normalized spacial score (nSPS) is 33.8. The summed E-state index contributed by atoms with van der Waals surface area (Å²) in [5, 5.41) is 9.41. The molecule has 3 rings (SSSR count). The van der Waals surface area contributed by atoms with Crippen molar-refractivity contribution in [2.45, 2.75) is 75.1 Å². The van der Waals surface area contributed by atoms with Crippen LogP contribution in [0.3, 0.4) is 0 Å². The number of nitrogens with zero attached hydrogens (tertiary/aromatic N) is 2. The summed E-state index contributed by atoms with van der Waals surface area (Å²) in [5.74, 6) is -2.43. The number of esters is 1. The molecule has 2 unspecified atom stereocenters. The van der Waals surface area contributed by atoms with Gasteiger partial charge in [0.25, 0.3) is 0 Å². The number of halogens is 1. The van der Waals surface area contributed by atoms with E-state index in [2.05, 4.69) is 29.4 Å². The van der Waals surface area contributed by atoms with Gasteiger partial charge < -0.3 is 24.4 Å². The summed E-state index contributed by atoms with van der Waals surface area (Å²) in [6.07, 6.45) is 3.72. The Bertz CT molecular complexity index is 748. The number of carbonyl (C=O) groups excluding carboxylic acids is 3. The second kappa shape index (κ2) is 10.2. The zero-order valence-corrected chi connectivity index (χ0v) is 20.8. The van der Waals surface area contributed by atoms with Gasteiger partial charge >= 0.3 is 5.97 Å². The predicted octanol–water partition coefficient (Wildman–Crippen LogP) is 1.88. The Morgan fingerprint density at radius 3 is 2.78 bits per heavy atom. The molecule has 0 aromatic carbocycles. The summed E-state index contributed by atoms with van der Waals surface area (Å²) < 4.78 is 11.7. The van der Waals surface area contributed by atoms with Crippen molar-refractivity contribution in [2.24, 2.45) is 11.8 Å². The maximum atomic E-state index is 14.0. The van der Waals surface area contributed by atoms with Gasteiger partial charge in [-0.3, -0.25) is 14.4 Å². The number of alkyl halides is 1. The monoisotopic (exact) mass is 514 g/mol. The zero-order valence-electron chi connectivity index (χ0n) is 19.2. The first-order valence-corrected chi connectivity index (χ1v) is 12.5. The van der Waals surface area contributed by atoms with Crippen molar-refractivity contribution >= 4 is 33.7 Å². The minimum atomic E-state index is -1.09. The van der Waals surface area contributed by atoms with Crippen LogP contribution in [-0.2, 0) is 23.9 Å². The minimum absolute atomic E-state index is 0.0324. The van der Waals surface area contributed by atoms with Crippen molar-refractivity contribution in [1.82, 2.24) is 9.80 Å². The molecule has 2 amide bonds. The summed E-state index contributed by atoms with van der Waals surface area (Å²) >= 11 is 3.63. The Kier molecular flexibility index (Phi) is 8.04. The maximum absolute atomic E-state index is 14.0. The number of hydrogen-bond acceptors (Lipinski definition) is 6. The highest BCUT2D eigenvalue weighted by Gasteiger charge is 2.77. The summed E-state index contributed by atoms with van der Waals surface area (Å²) in [6.45, 7) is 10.3. The van der Waals surface area contributed by atoms with Crippen LogP contribution in [0.2, 0.25) is 0 Å². The summed E-state index contributed by atoms with van der Waals surface area (Å²) in [7, 11) is 0. The van der Waals surface area contributed by atoms with E-state index in [4.69, 9.17) is 9.47 Å². The molecule has 0 aromatic heterocycles. The van der Waals surface area contributed by atoms with Crippen LogP contribution in [0.15, 0.2) is 12.7 Å². The molecule has 8 nitrogen and oxygen atoms in total. The molecule has 1 spiro atoms. The molecule has 3 aliphatic rings. The number of hydrogen-bond donors (Lipinski definition) is 1. The molecule has 7 atom stereocenters. The molecule has 0 aromatic rings. The lowest BCUT2D eigenvalue weighted by Gasteiger charge is -2.39. The highest BCUT2D eigenvalue weighted by atomic mass is 79.9. The lowest BCUT2D eigenvalue weighted by atomic mass is 9.70. The fraction of sp³-hybridized carbons (Fsp3) is 0.783. The van der Waals surface area contributed by atoms with Crippen LogP contribution in [0, 0.1) is 11.8 Å². The van der Waals surface area contributed by atoms with E-state index in [1.165, 1.54) is 4.90 Å². The molecule has 32 heavy (non-hydrogen) atoms. The average Bonchev–Trinajstić information content (AvgIpc) is 3.34. The minimum Gasteiger partial charge on any atom is -0.466 e. The number of likely N-dealkylation sites (tertiary alicyclic amines) is 1. The number of rotatable bonds is 11. The summed E-state index contributed by atoms with van der Waals surface area (Å²) in [4.78, 5) is 43.6. The van der Waals surface area contributed by atoms with Gasteiger partial charge in [0.2, 0.25) is 11.8 Å². The van der Waals surface area contributed by atoms with E-state index in [1.54, 1.807) is 17.9 Å². The van der Waals surface area contributed by atoms with Crippen LogP contribution < -0.4 is 0 Å². The van der Waals surface area contributed by atoms with Crippen molar-refractivity contribution in [3.05, 3.63) is 12.7 Å². The van der Waals surface area contributed by atoms with Gasteiger partial charge in [-0.1, -0.05) is 35.4 Å². The first-order chi connectivity index (χ1) is 15.3. The van der Waals surface area contributed by atoms with Gasteiger partial charge in [-0.15, -0.1) is 6.58 Å². The molecule has 0 saturated carbocycles. The zero-order chi connectivity index (χ0) is 23.6. The smallest absolute Gasteiger partial charge is 0.312 e. The summed E-state index contributed by atoms with van der Waals surface area (Å²) in [6, 6.07) is -0.884. The largest absolute Gasteiger partial charge is 0.466 e. The molecule has 3 heterocycles. The number of aliphatic hydroxyl groups excluding tert-OH is 1. The van der Waals surface area contributed by atoms with E-state index in [0.717, 1.165) is 12.8 Å². The van der Waals surface area contributed by atoms with Crippen LogP contribution in [0.25, 0.3) is 0 Å². The highest BCUT2D eigenvalue weighted by Crippen LogP contribution is 2.60. The molecule has 3 fully saturated rings. The molecular weight excluding hydrogens is 480 g/mol. The lowest BCUT2D eigenvalue weighted by molar-refractivity contribution is -0.155. The third-order valence-corrected chi connectivity index (χ3v) is 7.83. The summed E-state index contributed by atoms with van der Waals surface area (Å²) in [5.41, 5.74) is -1.09. The third kappa shape index (κ3) is 4.01. The molecule has 2 bridgehead atoms. The third-order valence-electron chi connectivity index (χ3n) is 6.99. The first kappa shape index (κ1) is 25.2. The lowest BCUT2D eigenvalue weighted by Crippen LogP contribution is -2.58. The first-order valence-electron chi connectivity index (χ1n) is 11.6. The highest BCUT2D eigenvalue weighted by molar-refractivity contribution is 9.09. The van der Waals surface area contributed by atoms with Crippen LogP contribution >= 0.6 is 15.9 Å². The van der Waals surface area contributed by atoms with Gasteiger partial charge in [0.15, 0.2) is 0 Å². The SMILES string of the molecule is C=CCN(C(=O)[C@H]1N(CCCO)C(=O)[C@@H]2[C@@H](C(=O)OCC)[C@@H]3O[C@@]21CC3Br)C(C)CCC. The van der Waals surface area contributed by atoms with Gasteiger partial charge in [-0.2, -0.15) is 0 Å². The van der Waals surface area contributed by atoms with E-state index in [-0.39, 0.29) is 42.4 Å². The van der Waals surface area contributed by atoms with Crippen LogP contribution in [-0.4, -0.2) is 87.6 Å². The topological polar surface area (TPSA) is 96.4 Å². The Morgan fingerprint density at radius 1 is 1.47 bits per heavy atom. The van der Waals surface area contributed by atoms with E-state index >= 15 is 0 Å². The molecule has 9 heteroatoms. The molecule has 0 radical (unpaired) electrons. The van der Waals surface area contributed by atoms with Crippen LogP contribution in [0.1, 0.15) is 46.5 Å². The number of fused-ring (bicyclic) bond motifs is 1. The Labute approximate surface area is 198 Å². The van der Waals surface area contributed by atoms with Crippen molar-refractivity contribution in [2.75, 3.05) is 26.3 Å². The molecule has 3 saturated heterocycles.